The largest absolute Gasteiger partial charge is 0.321 e. The molecule has 0 saturated carbocycles. The van der Waals surface area contributed by atoms with Crippen molar-refractivity contribution in [2.45, 2.75) is 31.2 Å². The van der Waals surface area contributed by atoms with E-state index in [1.165, 1.54) is 10.4 Å². The number of carbonyl (C=O) groups is 1. The Hall–Kier alpha value is -2.39. The molecule has 0 aliphatic carbocycles. The van der Waals surface area contributed by atoms with Gasteiger partial charge in [0.2, 0.25) is 10.0 Å². The molecule has 0 bridgehead atoms. The van der Waals surface area contributed by atoms with Crippen molar-refractivity contribution in [3.8, 4) is 0 Å². The average Bonchev–Trinajstić information content (AvgIpc) is 2.97. The van der Waals surface area contributed by atoms with E-state index in [1.54, 1.807) is 43.3 Å². The normalized spacial score (nSPS) is 16.7. The molecular weight excluding hydrogens is 400 g/mol. The summed E-state index contributed by atoms with van der Waals surface area (Å²) in [7, 11) is -6.89. The molecular formula is C19H22N2O5S2. The van der Waals surface area contributed by atoms with Crippen LogP contribution in [-0.4, -0.2) is 40.8 Å². The lowest BCUT2D eigenvalue weighted by atomic mass is 10.1. The van der Waals surface area contributed by atoms with E-state index in [0.29, 0.717) is 17.7 Å². The van der Waals surface area contributed by atoms with Crippen LogP contribution in [0, 0.1) is 0 Å². The van der Waals surface area contributed by atoms with Gasteiger partial charge in [-0.05, 0) is 49.2 Å². The van der Waals surface area contributed by atoms with Crippen LogP contribution >= 0.6 is 0 Å². The number of para-hydroxylation sites is 1. The first kappa shape index (κ1) is 20.3. The third kappa shape index (κ3) is 3.77. The fourth-order valence-corrected chi connectivity index (χ4v) is 5.76. The SMILES string of the molecule is CCS(=O)(=O)c1ccccc1NC(=O)c1ccc2c(c1)CC(C)N2S(C)(=O)=O. The Morgan fingerprint density at radius 2 is 1.82 bits per heavy atom. The van der Waals surface area contributed by atoms with E-state index >= 15 is 0 Å². The maximum atomic E-state index is 12.7. The number of amides is 1. The molecule has 2 aromatic carbocycles. The van der Waals surface area contributed by atoms with E-state index in [0.717, 1.165) is 11.8 Å². The summed E-state index contributed by atoms with van der Waals surface area (Å²) in [4.78, 5) is 12.8. The Morgan fingerprint density at radius 1 is 1.14 bits per heavy atom. The molecule has 2 aromatic rings. The van der Waals surface area contributed by atoms with Gasteiger partial charge in [-0.2, -0.15) is 0 Å². The molecule has 1 heterocycles. The lowest BCUT2D eigenvalue weighted by molar-refractivity contribution is 0.102. The fourth-order valence-electron chi connectivity index (χ4n) is 3.44. The Kier molecular flexibility index (Phi) is 5.24. The molecule has 0 aromatic heterocycles. The highest BCUT2D eigenvalue weighted by Gasteiger charge is 2.32. The van der Waals surface area contributed by atoms with E-state index < -0.39 is 25.8 Å². The number of fused-ring (bicyclic) bond motifs is 1. The summed E-state index contributed by atoms with van der Waals surface area (Å²) in [5, 5.41) is 2.66. The van der Waals surface area contributed by atoms with Crippen LogP contribution in [0.4, 0.5) is 11.4 Å². The van der Waals surface area contributed by atoms with Crippen molar-refractivity contribution >= 4 is 37.1 Å². The fraction of sp³-hybridized carbons (Fsp3) is 0.316. The van der Waals surface area contributed by atoms with Crippen LogP contribution < -0.4 is 9.62 Å². The van der Waals surface area contributed by atoms with Crippen molar-refractivity contribution in [3.63, 3.8) is 0 Å². The van der Waals surface area contributed by atoms with Gasteiger partial charge in [-0.25, -0.2) is 16.8 Å². The molecule has 0 radical (unpaired) electrons. The molecule has 0 spiro atoms. The molecule has 28 heavy (non-hydrogen) atoms. The van der Waals surface area contributed by atoms with E-state index in [1.807, 2.05) is 6.92 Å². The molecule has 1 N–H and O–H groups in total. The molecule has 0 saturated heterocycles. The maximum absolute atomic E-state index is 12.7. The van der Waals surface area contributed by atoms with Crippen molar-refractivity contribution < 1.29 is 21.6 Å². The van der Waals surface area contributed by atoms with Crippen molar-refractivity contribution in [1.29, 1.82) is 0 Å². The summed E-state index contributed by atoms with van der Waals surface area (Å²) < 4.78 is 49.9. The number of nitrogens with one attached hydrogen (secondary N) is 1. The lowest BCUT2D eigenvalue weighted by Gasteiger charge is -2.21. The standard InChI is InChI=1S/C19H22N2O5S2/c1-4-28(25,26)18-8-6-5-7-16(18)20-19(22)14-9-10-17-15(12-14)11-13(2)21(17)27(3,23)24/h5-10,12-13H,4,11H2,1-3H3,(H,20,22). The van der Waals surface area contributed by atoms with Gasteiger partial charge in [0.1, 0.15) is 0 Å². The predicted molar refractivity (Wildman–Crippen MR) is 109 cm³/mol. The first-order chi connectivity index (χ1) is 13.0. The van der Waals surface area contributed by atoms with Gasteiger partial charge in [-0.3, -0.25) is 9.10 Å². The van der Waals surface area contributed by atoms with E-state index in [-0.39, 0.29) is 22.4 Å². The summed E-state index contributed by atoms with van der Waals surface area (Å²) >= 11 is 0. The molecule has 1 unspecified atom stereocenters. The molecule has 150 valence electrons. The Morgan fingerprint density at radius 3 is 2.46 bits per heavy atom. The molecule has 1 aliphatic heterocycles. The molecule has 3 rings (SSSR count). The predicted octanol–water partition coefficient (Wildman–Crippen LogP) is 2.44. The maximum Gasteiger partial charge on any atom is 0.255 e. The number of carbonyl (C=O) groups excluding carboxylic acids is 1. The van der Waals surface area contributed by atoms with Gasteiger partial charge in [-0.15, -0.1) is 0 Å². The first-order valence-corrected chi connectivity index (χ1v) is 12.3. The van der Waals surface area contributed by atoms with Crippen molar-refractivity contribution in [2.75, 3.05) is 21.6 Å². The van der Waals surface area contributed by atoms with Crippen LogP contribution in [0.15, 0.2) is 47.4 Å². The van der Waals surface area contributed by atoms with E-state index in [9.17, 15) is 21.6 Å². The highest BCUT2D eigenvalue weighted by molar-refractivity contribution is 7.92. The number of sulfonamides is 1. The number of rotatable bonds is 5. The molecule has 9 heteroatoms. The van der Waals surface area contributed by atoms with Crippen LogP contribution in [0.1, 0.15) is 29.8 Å². The van der Waals surface area contributed by atoms with Crippen LogP contribution in [0.3, 0.4) is 0 Å². The third-order valence-corrected chi connectivity index (χ3v) is 7.76. The van der Waals surface area contributed by atoms with Gasteiger partial charge < -0.3 is 5.32 Å². The summed E-state index contributed by atoms with van der Waals surface area (Å²) in [6, 6.07) is 10.9. The van der Waals surface area contributed by atoms with Crippen LogP contribution in [0.5, 0.6) is 0 Å². The molecule has 1 aliphatic rings. The Bertz CT molecular complexity index is 1140. The second kappa shape index (κ2) is 7.21. The van der Waals surface area contributed by atoms with Crippen LogP contribution in [0.2, 0.25) is 0 Å². The lowest BCUT2D eigenvalue weighted by Crippen LogP contribution is -2.34. The van der Waals surface area contributed by atoms with E-state index in [2.05, 4.69) is 5.32 Å². The number of nitrogens with zero attached hydrogens (tertiary/aromatic N) is 1. The second-order valence-corrected chi connectivity index (χ2v) is 10.9. The van der Waals surface area contributed by atoms with Gasteiger partial charge in [0.15, 0.2) is 9.84 Å². The number of hydrogen-bond donors (Lipinski definition) is 1. The number of anilines is 2. The van der Waals surface area contributed by atoms with Gasteiger partial charge in [0.25, 0.3) is 5.91 Å². The second-order valence-electron chi connectivity index (χ2n) is 6.81. The summed E-state index contributed by atoms with van der Waals surface area (Å²) in [6.07, 6.45) is 1.66. The Balaban J connectivity index is 1.92. The topological polar surface area (TPSA) is 101 Å². The quantitative estimate of drug-likeness (QED) is 0.798. The molecule has 0 fully saturated rings. The highest BCUT2D eigenvalue weighted by Crippen LogP contribution is 2.35. The van der Waals surface area contributed by atoms with Crippen molar-refractivity contribution in [3.05, 3.63) is 53.6 Å². The minimum atomic E-state index is -3.49. The van der Waals surface area contributed by atoms with Gasteiger partial charge in [0, 0.05) is 11.6 Å². The zero-order valence-electron chi connectivity index (χ0n) is 15.8. The number of hydrogen-bond acceptors (Lipinski definition) is 5. The first-order valence-electron chi connectivity index (χ1n) is 8.80. The van der Waals surface area contributed by atoms with Crippen molar-refractivity contribution in [2.24, 2.45) is 0 Å². The number of sulfone groups is 1. The van der Waals surface area contributed by atoms with Crippen LogP contribution in [-0.2, 0) is 26.3 Å². The van der Waals surface area contributed by atoms with Crippen LogP contribution in [0.25, 0.3) is 0 Å². The van der Waals surface area contributed by atoms with Crippen molar-refractivity contribution in [1.82, 2.24) is 0 Å². The summed E-state index contributed by atoms with van der Waals surface area (Å²) in [5.74, 6) is -0.523. The van der Waals surface area contributed by atoms with E-state index in [4.69, 9.17) is 0 Å². The minimum Gasteiger partial charge on any atom is -0.321 e. The summed E-state index contributed by atoms with van der Waals surface area (Å²) in [6.45, 7) is 3.36. The molecule has 7 nitrogen and oxygen atoms in total. The van der Waals surface area contributed by atoms with Gasteiger partial charge in [-0.1, -0.05) is 19.1 Å². The zero-order valence-corrected chi connectivity index (χ0v) is 17.5. The average molecular weight is 423 g/mol. The van der Waals surface area contributed by atoms with Gasteiger partial charge in [0.05, 0.1) is 28.3 Å². The van der Waals surface area contributed by atoms with Gasteiger partial charge >= 0.3 is 0 Å². The smallest absolute Gasteiger partial charge is 0.255 e. The highest BCUT2D eigenvalue weighted by atomic mass is 32.2. The number of benzene rings is 2. The summed E-state index contributed by atoms with van der Waals surface area (Å²) in [5.41, 5.74) is 1.89. The minimum absolute atomic E-state index is 0.0715. The molecule has 1 atom stereocenters. The zero-order chi connectivity index (χ0) is 20.7. The monoisotopic (exact) mass is 422 g/mol. The Labute approximate surface area is 165 Å². The molecule has 1 amide bonds. The third-order valence-electron chi connectivity index (χ3n) is 4.70.